The summed E-state index contributed by atoms with van der Waals surface area (Å²) >= 11 is 0. The Labute approximate surface area is 92.5 Å². The highest BCUT2D eigenvalue weighted by Crippen LogP contribution is 2.04. The molecular formula is C12H21N3. The number of allylic oxidation sites excluding steroid dienone is 1. The van der Waals surface area contributed by atoms with Crippen molar-refractivity contribution in [3.8, 4) is 0 Å². The molecule has 3 heteroatoms. The molecule has 0 saturated carbocycles. The maximum atomic E-state index is 5.45. The van der Waals surface area contributed by atoms with Crippen LogP contribution < -0.4 is 5.73 Å². The standard InChI is InChI=1S/C12H21N3/c1-11(4-5-12(2)13)10-15-8-6-14(3)7-9-15/h4-5H,1-2,6-10,13H2,3H3/b5-4-. The van der Waals surface area contributed by atoms with Crippen LogP contribution in [0.2, 0.25) is 0 Å². The zero-order chi connectivity index (χ0) is 11.3. The average Bonchev–Trinajstić information content (AvgIpc) is 2.19. The van der Waals surface area contributed by atoms with E-state index in [-0.39, 0.29) is 0 Å². The van der Waals surface area contributed by atoms with Gasteiger partial charge in [-0.15, -0.1) is 0 Å². The molecule has 0 aromatic heterocycles. The first-order chi connectivity index (χ1) is 7.08. The van der Waals surface area contributed by atoms with E-state index in [1.165, 1.54) is 0 Å². The van der Waals surface area contributed by atoms with Gasteiger partial charge < -0.3 is 10.6 Å². The minimum absolute atomic E-state index is 0.578. The molecule has 1 rings (SSSR count). The molecule has 0 radical (unpaired) electrons. The van der Waals surface area contributed by atoms with Crippen LogP contribution in [0.1, 0.15) is 0 Å². The van der Waals surface area contributed by atoms with E-state index in [4.69, 9.17) is 5.73 Å². The van der Waals surface area contributed by atoms with Crippen LogP contribution in [-0.2, 0) is 0 Å². The van der Waals surface area contributed by atoms with Gasteiger partial charge in [0.05, 0.1) is 0 Å². The topological polar surface area (TPSA) is 32.5 Å². The summed E-state index contributed by atoms with van der Waals surface area (Å²) < 4.78 is 0. The van der Waals surface area contributed by atoms with Crippen molar-refractivity contribution >= 4 is 0 Å². The Morgan fingerprint density at radius 2 is 1.80 bits per heavy atom. The molecule has 0 bridgehead atoms. The summed E-state index contributed by atoms with van der Waals surface area (Å²) in [6, 6.07) is 0. The van der Waals surface area contributed by atoms with Crippen molar-refractivity contribution in [3.05, 3.63) is 36.6 Å². The van der Waals surface area contributed by atoms with Crippen molar-refractivity contribution in [1.82, 2.24) is 9.80 Å². The molecule has 2 N–H and O–H groups in total. The van der Waals surface area contributed by atoms with Crippen molar-refractivity contribution in [1.29, 1.82) is 0 Å². The zero-order valence-corrected chi connectivity index (χ0v) is 9.58. The van der Waals surface area contributed by atoms with Gasteiger partial charge in [-0.25, -0.2) is 0 Å². The molecule has 1 aliphatic rings. The molecule has 15 heavy (non-hydrogen) atoms. The molecule has 0 spiro atoms. The number of hydrogen-bond donors (Lipinski definition) is 1. The third-order valence-corrected chi connectivity index (χ3v) is 2.56. The Bertz CT molecular complexity index is 260. The fourth-order valence-corrected chi connectivity index (χ4v) is 1.57. The Kier molecular flexibility index (Phi) is 4.59. The van der Waals surface area contributed by atoms with Crippen molar-refractivity contribution in [2.24, 2.45) is 5.73 Å². The summed E-state index contributed by atoms with van der Waals surface area (Å²) in [4.78, 5) is 4.75. The number of piperazine rings is 1. The second-order valence-electron chi connectivity index (χ2n) is 4.15. The maximum Gasteiger partial charge on any atom is 0.0241 e. The van der Waals surface area contributed by atoms with Gasteiger partial charge in [0, 0.05) is 38.4 Å². The van der Waals surface area contributed by atoms with Gasteiger partial charge in [-0.3, -0.25) is 4.90 Å². The van der Waals surface area contributed by atoms with Gasteiger partial charge in [-0.05, 0) is 18.7 Å². The minimum atomic E-state index is 0.578. The highest BCUT2D eigenvalue weighted by atomic mass is 15.2. The smallest absolute Gasteiger partial charge is 0.0241 e. The molecular weight excluding hydrogens is 186 g/mol. The number of rotatable bonds is 4. The highest BCUT2D eigenvalue weighted by molar-refractivity contribution is 5.23. The van der Waals surface area contributed by atoms with E-state index in [0.29, 0.717) is 5.70 Å². The predicted octanol–water partition coefficient (Wildman–Crippen LogP) is 0.819. The van der Waals surface area contributed by atoms with Gasteiger partial charge >= 0.3 is 0 Å². The largest absolute Gasteiger partial charge is 0.399 e. The van der Waals surface area contributed by atoms with Crippen LogP contribution in [0.15, 0.2) is 36.6 Å². The summed E-state index contributed by atoms with van der Waals surface area (Å²) in [7, 11) is 2.16. The summed E-state index contributed by atoms with van der Waals surface area (Å²) in [5, 5.41) is 0. The number of nitrogens with two attached hydrogens (primary N) is 1. The summed E-state index contributed by atoms with van der Waals surface area (Å²) in [6.45, 7) is 13.1. The lowest BCUT2D eigenvalue weighted by Crippen LogP contribution is -2.44. The lowest BCUT2D eigenvalue weighted by atomic mass is 10.2. The lowest BCUT2D eigenvalue weighted by molar-refractivity contribution is 0.165. The lowest BCUT2D eigenvalue weighted by Gasteiger charge is -2.32. The Morgan fingerprint density at radius 3 is 2.33 bits per heavy atom. The van der Waals surface area contributed by atoms with Gasteiger partial charge in [0.15, 0.2) is 0 Å². The number of nitrogens with zero attached hydrogens (tertiary/aromatic N) is 2. The van der Waals surface area contributed by atoms with Crippen molar-refractivity contribution < 1.29 is 0 Å². The second-order valence-corrected chi connectivity index (χ2v) is 4.15. The van der Waals surface area contributed by atoms with Crippen LogP contribution in [0.3, 0.4) is 0 Å². The third-order valence-electron chi connectivity index (χ3n) is 2.56. The monoisotopic (exact) mass is 207 g/mol. The fourth-order valence-electron chi connectivity index (χ4n) is 1.57. The molecule has 0 unspecified atom stereocenters. The number of likely N-dealkylation sites (N-methyl/N-ethyl adjacent to an activating group) is 1. The highest BCUT2D eigenvalue weighted by Gasteiger charge is 2.13. The van der Waals surface area contributed by atoms with Gasteiger partial charge in [-0.2, -0.15) is 0 Å². The van der Waals surface area contributed by atoms with E-state index in [2.05, 4.69) is 30.0 Å². The van der Waals surface area contributed by atoms with Gasteiger partial charge in [-0.1, -0.05) is 19.2 Å². The normalized spacial score (nSPS) is 19.5. The maximum absolute atomic E-state index is 5.45. The van der Waals surface area contributed by atoms with Crippen LogP contribution in [0, 0.1) is 0 Å². The molecule has 1 heterocycles. The van der Waals surface area contributed by atoms with Crippen molar-refractivity contribution in [2.75, 3.05) is 39.8 Å². The van der Waals surface area contributed by atoms with Gasteiger partial charge in [0.25, 0.3) is 0 Å². The van der Waals surface area contributed by atoms with E-state index in [9.17, 15) is 0 Å². The summed E-state index contributed by atoms with van der Waals surface area (Å²) in [5.41, 5.74) is 7.12. The SMILES string of the molecule is C=C(N)/C=C\C(=C)CN1CCN(C)CC1. The average molecular weight is 207 g/mol. The van der Waals surface area contributed by atoms with E-state index < -0.39 is 0 Å². The van der Waals surface area contributed by atoms with E-state index >= 15 is 0 Å². The van der Waals surface area contributed by atoms with E-state index in [1.807, 2.05) is 6.08 Å². The van der Waals surface area contributed by atoms with Gasteiger partial charge in [0.2, 0.25) is 0 Å². The summed E-state index contributed by atoms with van der Waals surface area (Å²) in [5.74, 6) is 0. The fraction of sp³-hybridized carbons (Fsp3) is 0.500. The van der Waals surface area contributed by atoms with Crippen LogP contribution in [0.5, 0.6) is 0 Å². The first-order valence-corrected chi connectivity index (χ1v) is 5.29. The van der Waals surface area contributed by atoms with E-state index in [1.54, 1.807) is 6.08 Å². The van der Waals surface area contributed by atoms with Crippen LogP contribution >= 0.6 is 0 Å². The molecule has 1 saturated heterocycles. The van der Waals surface area contributed by atoms with Crippen molar-refractivity contribution in [2.45, 2.75) is 0 Å². The predicted molar refractivity (Wildman–Crippen MR) is 65.5 cm³/mol. The summed E-state index contributed by atoms with van der Waals surface area (Å²) in [6.07, 6.45) is 3.75. The second kappa shape index (κ2) is 5.73. The molecule has 0 atom stereocenters. The molecule has 0 amide bonds. The first kappa shape index (κ1) is 12.0. The zero-order valence-electron chi connectivity index (χ0n) is 9.58. The molecule has 1 aliphatic heterocycles. The molecule has 0 aromatic carbocycles. The first-order valence-electron chi connectivity index (χ1n) is 5.29. The molecule has 3 nitrogen and oxygen atoms in total. The molecule has 0 aliphatic carbocycles. The van der Waals surface area contributed by atoms with Crippen molar-refractivity contribution in [3.63, 3.8) is 0 Å². The van der Waals surface area contributed by atoms with Crippen LogP contribution in [0.4, 0.5) is 0 Å². The molecule has 84 valence electrons. The molecule has 0 aromatic rings. The van der Waals surface area contributed by atoms with Gasteiger partial charge in [0.1, 0.15) is 0 Å². The Hall–Kier alpha value is -1.06. The molecule has 1 fully saturated rings. The Balaban J connectivity index is 2.29. The Morgan fingerprint density at radius 1 is 1.20 bits per heavy atom. The van der Waals surface area contributed by atoms with Crippen LogP contribution in [0.25, 0.3) is 0 Å². The third kappa shape index (κ3) is 4.81. The van der Waals surface area contributed by atoms with Crippen LogP contribution in [-0.4, -0.2) is 49.6 Å². The number of hydrogen-bond acceptors (Lipinski definition) is 3. The minimum Gasteiger partial charge on any atom is -0.399 e. The van der Waals surface area contributed by atoms with E-state index in [0.717, 1.165) is 38.3 Å². The quantitative estimate of drug-likeness (QED) is 0.693.